The third-order valence-corrected chi connectivity index (χ3v) is 8.80. The Morgan fingerprint density at radius 1 is 0.705 bits per heavy atom. The molecule has 0 spiro atoms. The maximum absolute atomic E-state index is 12.8. The van der Waals surface area contributed by atoms with E-state index in [0.29, 0.717) is 6.42 Å². The second-order valence-corrected chi connectivity index (χ2v) is 12.8. The van der Waals surface area contributed by atoms with Gasteiger partial charge in [-0.15, -0.1) is 0 Å². The van der Waals surface area contributed by atoms with E-state index in [4.69, 9.17) is 9.47 Å². The van der Waals surface area contributed by atoms with E-state index in [1.165, 1.54) is 70.6 Å². The molecule has 0 saturated carbocycles. The van der Waals surface area contributed by atoms with Crippen LogP contribution in [0.1, 0.15) is 149 Å². The molecule has 0 aromatic heterocycles. The number of rotatable bonds is 28. The van der Waals surface area contributed by atoms with E-state index in [2.05, 4.69) is 19.2 Å². The predicted molar refractivity (Wildman–Crippen MR) is 172 cm³/mol. The lowest BCUT2D eigenvalue weighted by Crippen LogP contribution is -2.60. The second-order valence-electron chi connectivity index (χ2n) is 12.8. The number of carbonyl (C=O) groups is 1. The summed E-state index contributed by atoms with van der Waals surface area (Å²) >= 11 is 0. The fraction of sp³-hybridized carbons (Fsp3) is 0.971. The standard InChI is InChI=1S/C34H67NO9/c1-3-5-7-9-11-13-14-15-17-19-21-23-29(38)35-26(25-43-34-33(42)32(41)31(40)28(24-36)44-34)30(39)27(37)22-20-18-16-12-10-8-6-4-2/h26-28,30-34,36-37,39-42H,3-25H2,1-2H3,(H,35,38)/t26-,27+,28+,30-,31-,32?,33?,34+/m0/s1. The smallest absolute Gasteiger partial charge is 0.220 e. The summed E-state index contributed by atoms with van der Waals surface area (Å²) in [6, 6.07) is -0.980. The van der Waals surface area contributed by atoms with E-state index in [-0.39, 0.29) is 18.9 Å². The molecule has 0 aromatic carbocycles. The fourth-order valence-corrected chi connectivity index (χ4v) is 5.78. The summed E-state index contributed by atoms with van der Waals surface area (Å²) in [6.45, 7) is 3.52. The van der Waals surface area contributed by atoms with Gasteiger partial charge in [-0.05, 0) is 12.8 Å². The largest absolute Gasteiger partial charge is 0.394 e. The summed E-state index contributed by atoms with van der Waals surface area (Å²) in [5.41, 5.74) is 0. The Balaban J connectivity index is 2.54. The first-order valence-corrected chi connectivity index (χ1v) is 17.8. The van der Waals surface area contributed by atoms with E-state index in [1.807, 2.05) is 0 Å². The summed E-state index contributed by atoms with van der Waals surface area (Å²) in [5, 5.41) is 64.4. The van der Waals surface area contributed by atoms with Crippen LogP contribution < -0.4 is 5.32 Å². The van der Waals surface area contributed by atoms with Crippen LogP contribution in [0.2, 0.25) is 0 Å². The molecule has 1 saturated heterocycles. The zero-order chi connectivity index (χ0) is 32.6. The molecular weight excluding hydrogens is 566 g/mol. The number of carbonyl (C=O) groups excluding carboxylic acids is 1. The van der Waals surface area contributed by atoms with E-state index >= 15 is 0 Å². The summed E-state index contributed by atoms with van der Waals surface area (Å²) in [7, 11) is 0. The minimum absolute atomic E-state index is 0.262. The summed E-state index contributed by atoms with van der Waals surface area (Å²) < 4.78 is 11.0. The van der Waals surface area contributed by atoms with Crippen LogP contribution in [-0.2, 0) is 14.3 Å². The van der Waals surface area contributed by atoms with Crippen molar-refractivity contribution in [3.8, 4) is 0 Å². The molecule has 7 N–H and O–H groups in total. The Labute approximate surface area is 266 Å². The number of hydrogen-bond acceptors (Lipinski definition) is 9. The molecule has 2 unspecified atom stereocenters. The molecule has 1 amide bonds. The van der Waals surface area contributed by atoms with Crippen molar-refractivity contribution in [2.45, 2.75) is 198 Å². The number of hydrogen-bond donors (Lipinski definition) is 7. The van der Waals surface area contributed by atoms with Gasteiger partial charge in [0.2, 0.25) is 5.91 Å². The number of aliphatic hydroxyl groups is 6. The molecule has 0 aliphatic carbocycles. The number of aliphatic hydroxyl groups excluding tert-OH is 6. The van der Waals surface area contributed by atoms with Crippen molar-refractivity contribution in [3.63, 3.8) is 0 Å². The van der Waals surface area contributed by atoms with Crippen LogP contribution in [0, 0.1) is 0 Å². The third-order valence-electron chi connectivity index (χ3n) is 8.80. The van der Waals surface area contributed by atoms with Gasteiger partial charge in [0, 0.05) is 6.42 Å². The Morgan fingerprint density at radius 3 is 1.68 bits per heavy atom. The van der Waals surface area contributed by atoms with Gasteiger partial charge >= 0.3 is 0 Å². The molecule has 262 valence electrons. The molecule has 1 heterocycles. The first-order chi connectivity index (χ1) is 21.3. The molecular formula is C34H67NO9. The normalized spacial score (nSPS) is 24.2. The molecule has 10 nitrogen and oxygen atoms in total. The quantitative estimate of drug-likeness (QED) is 0.0623. The van der Waals surface area contributed by atoms with Gasteiger partial charge in [-0.3, -0.25) is 4.79 Å². The predicted octanol–water partition coefficient (Wildman–Crippen LogP) is 4.24. The van der Waals surface area contributed by atoms with E-state index in [1.54, 1.807) is 0 Å². The van der Waals surface area contributed by atoms with Gasteiger partial charge in [-0.25, -0.2) is 0 Å². The molecule has 1 aliphatic rings. The van der Waals surface area contributed by atoms with E-state index in [9.17, 15) is 35.4 Å². The third kappa shape index (κ3) is 17.7. The molecule has 0 aromatic rings. The molecule has 10 heteroatoms. The first-order valence-electron chi connectivity index (χ1n) is 17.8. The number of unbranched alkanes of at least 4 members (excludes halogenated alkanes) is 17. The summed E-state index contributed by atoms with van der Waals surface area (Å²) in [4.78, 5) is 12.8. The van der Waals surface area contributed by atoms with Crippen LogP contribution in [0.5, 0.6) is 0 Å². The van der Waals surface area contributed by atoms with Crippen LogP contribution >= 0.6 is 0 Å². The molecule has 8 atom stereocenters. The lowest BCUT2D eigenvalue weighted by molar-refractivity contribution is -0.303. The Bertz CT molecular complexity index is 683. The van der Waals surface area contributed by atoms with Gasteiger partial charge in [0.15, 0.2) is 6.29 Å². The van der Waals surface area contributed by atoms with Crippen LogP contribution in [0.4, 0.5) is 0 Å². The van der Waals surface area contributed by atoms with Crippen LogP contribution in [0.15, 0.2) is 0 Å². The van der Waals surface area contributed by atoms with Crippen LogP contribution in [-0.4, -0.2) is 98.7 Å². The molecule has 1 aliphatic heterocycles. The van der Waals surface area contributed by atoms with E-state index in [0.717, 1.165) is 51.4 Å². The van der Waals surface area contributed by atoms with Gasteiger partial charge in [0.25, 0.3) is 0 Å². The van der Waals surface area contributed by atoms with Crippen LogP contribution in [0.25, 0.3) is 0 Å². The Morgan fingerprint density at radius 2 is 1.18 bits per heavy atom. The topological polar surface area (TPSA) is 169 Å². The van der Waals surface area contributed by atoms with Crippen molar-refractivity contribution >= 4 is 5.91 Å². The van der Waals surface area contributed by atoms with Gasteiger partial charge in [-0.2, -0.15) is 0 Å². The van der Waals surface area contributed by atoms with Gasteiger partial charge in [-0.1, -0.05) is 129 Å². The van der Waals surface area contributed by atoms with Crippen molar-refractivity contribution in [2.75, 3.05) is 13.2 Å². The average molecular weight is 634 g/mol. The maximum atomic E-state index is 12.8. The monoisotopic (exact) mass is 633 g/mol. The second kappa shape index (κ2) is 26.2. The molecule has 0 bridgehead atoms. The van der Waals surface area contributed by atoms with Crippen molar-refractivity contribution in [3.05, 3.63) is 0 Å². The molecule has 1 fully saturated rings. The highest BCUT2D eigenvalue weighted by Crippen LogP contribution is 2.23. The average Bonchev–Trinajstić information content (AvgIpc) is 3.02. The lowest BCUT2D eigenvalue weighted by Gasteiger charge is -2.40. The zero-order valence-electron chi connectivity index (χ0n) is 27.8. The zero-order valence-corrected chi connectivity index (χ0v) is 27.8. The lowest BCUT2D eigenvalue weighted by atomic mass is 9.98. The number of amides is 1. The van der Waals surface area contributed by atoms with Crippen molar-refractivity contribution in [1.82, 2.24) is 5.32 Å². The van der Waals surface area contributed by atoms with Crippen molar-refractivity contribution in [2.24, 2.45) is 0 Å². The minimum atomic E-state index is -1.60. The highest BCUT2D eigenvalue weighted by molar-refractivity contribution is 5.76. The van der Waals surface area contributed by atoms with Gasteiger partial charge in [0.05, 0.1) is 25.4 Å². The van der Waals surface area contributed by atoms with Crippen LogP contribution in [0.3, 0.4) is 0 Å². The van der Waals surface area contributed by atoms with Gasteiger partial charge < -0.3 is 45.4 Å². The number of nitrogens with one attached hydrogen (secondary N) is 1. The molecule has 0 radical (unpaired) electrons. The molecule has 1 rings (SSSR count). The summed E-state index contributed by atoms with van der Waals surface area (Å²) in [6.07, 6.45) is 12.8. The van der Waals surface area contributed by atoms with Crippen molar-refractivity contribution < 1.29 is 44.9 Å². The maximum Gasteiger partial charge on any atom is 0.220 e. The SMILES string of the molecule is CCCCCCCCCCCCCC(=O)N[C@@H](CO[C@@H]1O[C@H](CO)[C@H](O)C(O)C1O)[C@H](O)[C@H](O)CCCCCCCCCC. The fourth-order valence-electron chi connectivity index (χ4n) is 5.78. The minimum Gasteiger partial charge on any atom is -0.394 e. The molecule has 44 heavy (non-hydrogen) atoms. The Kier molecular flexibility index (Phi) is 24.6. The van der Waals surface area contributed by atoms with Crippen molar-refractivity contribution in [1.29, 1.82) is 0 Å². The Hall–Kier alpha value is -0.850. The first kappa shape index (κ1) is 41.2. The van der Waals surface area contributed by atoms with Gasteiger partial charge in [0.1, 0.15) is 30.5 Å². The number of ether oxygens (including phenoxy) is 2. The highest BCUT2D eigenvalue weighted by atomic mass is 16.7. The summed E-state index contributed by atoms with van der Waals surface area (Å²) in [5.74, 6) is -0.262. The van der Waals surface area contributed by atoms with E-state index < -0.39 is 55.6 Å². The highest BCUT2D eigenvalue weighted by Gasteiger charge is 2.44.